The molecule has 2 N–H and O–H groups in total. The molecule has 0 radical (unpaired) electrons. The Balaban J connectivity index is 2.18. The lowest BCUT2D eigenvalue weighted by molar-refractivity contribution is 0.304. The van der Waals surface area contributed by atoms with Gasteiger partial charge in [0.15, 0.2) is 5.69 Å². The van der Waals surface area contributed by atoms with E-state index in [0.29, 0.717) is 18.2 Å². The minimum atomic E-state index is 0.270. The molecule has 0 bridgehead atoms. The molecule has 19 heavy (non-hydrogen) atoms. The smallest absolute Gasteiger partial charge is 0.249 e. The molecular formula is C13H16N4O2. The number of ether oxygens (including phenoxy) is 2. The van der Waals surface area contributed by atoms with Gasteiger partial charge in [0.25, 0.3) is 0 Å². The van der Waals surface area contributed by atoms with Gasteiger partial charge in [-0.3, -0.25) is 4.98 Å². The van der Waals surface area contributed by atoms with E-state index < -0.39 is 0 Å². The van der Waals surface area contributed by atoms with Crippen molar-refractivity contribution in [3.63, 3.8) is 0 Å². The average molecular weight is 260 g/mol. The van der Waals surface area contributed by atoms with Gasteiger partial charge in [0.05, 0.1) is 12.8 Å². The largest absolute Gasteiger partial charge is 0.476 e. The number of pyridine rings is 1. The van der Waals surface area contributed by atoms with Gasteiger partial charge in [-0.25, -0.2) is 0 Å². The zero-order valence-corrected chi connectivity index (χ0v) is 11.0. The molecule has 6 nitrogen and oxygen atoms in total. The van der Waals surface area contributed by atoms with Crippen LogP contribution in [0, 0.1) is 6.92 Å². The standard InChI is InChI=1S/C13H16N4O2/c1-3-6-18-12-11(14)13(17-8-16-12)19-10-5-4-9(2)15-7-10/h4-5,7-8H,3,6,14H2,1-2H3. The molecule has 0 aliphatic rings. The van der Waals surface area contributed by atoms with Crippen LogP contribution >= 0.6 is 0 Å². The fourth-order valence-electron chi connectivity index (χ4n) is 1.39. The first-order valence-electron chi connectivity index (χ1n) is 6.04. The second-order valence-electron chi connectivity index (χ2n) is 3.98. The Hall–Kier alpha value is -2.37. The molecule has 0 unspecified atom stereocenters. The minimum absolute atomic E-state index is 0.270. The first kappa shape index (κ1) is 13.1. The number of hydrogen-bond donors (Lipinski definition) is 1. The monoisotopic (exact) mass is 260 g/mol. The van der Waals surface area contributed by atoms with Crippen LogP contribution in [0.2, 0.25) is 0 Å². The molecule has 0 aliphatic carbocycles. The summed E-state index contributed by atoms with van der Waals surface area (Å²) >= 11 is 0. The van der Waals surface area contributed by atoms with Crippen LogP contribution in [0.1, 0.15) is 19.0 Å². The zero-order valence-electron chi connectivity index (χ0n) is 11.0. The Morgan fingerprint density at radius 1 is 1.16 bits per heavy atom. The van der Waals surface area contributed by atoms with Crippen LogP contribution in [0.5, 0.6) is 17.5 Å². The molecular weight excluding hydrogens is 244 g/mol. The number of anilines is 1. The Morgan fingerprint density at radius 3 is 2.63 bits per heavy atom. The summed E-state index contributed by atoms with van der Waals surface area (Å²) in [4.78, 5) is 12.1. The van der Waals surface area contributed by atoms with E-state index in [9.17, 15) is 0 Å². The first-order valence-corrected chi connectivity index (χ1v) is 6.04. The van der Waals surface area contributed by atoms with E-state index in [4.69, 9.17) is 15.2 Å². The van der Waals surface area contributed by atoms with E-state index in [0.717, 1.165) is 12.1 Å². The summed E-state index contributed by atoms with van der Waals surface area (Å²) in [6.07, 6.45) is 3.85. The van der Waals surface area contributed by atoms with Crippen molar-refractivity contribution in [2.24, 2.45) is 0 Å². The van der Waals surface area contributed by atoms with Crippen molar-refractivity contribution in [1.29, 1.82) is 0 Å². The molecule has 6 heteroatoms. The molecule has 0 saturated heterocycles. The van der Waals surface area contributed by atoms with Crippen LogP contribution < -0.4 is 15.2 Å². The van der Waals surface area contributed by atoms with Gasteiger partial charge in [-0.2, -0.15) is 9.97 Å². The Kier molecular flexibility index (Phi) is 4.12. The Morgan fingerprint density at radius 2 is 1.95 bits per heavy atom. The van der Waals surface area contributed by atoms with Crippen molar-refractivity contribution < 1.29 is 9.47 Å². The van der Waals surface area contributed by atoms with E-state index in [-0.39, 0.29) is 11.6 Å². The minimum Gasteiger partial charge on any atom is -0.476 e. The number of aryl methyl sites for hydroxylation is 1. The van der Waals surface area contributed by atoms with Crippen LogP contribution in [0.3, 0.4) is 0 Å². The van der Waals surface area contributed by atoms with Gasteiger partial charge in [0.1, 0.15) is 12.1 Å². The second kappa shape index (κ2) is 5.99. The Bertz CT molecular complexity index is 543. The molecule has 0 fully saturated rings. The number of aromatic nitrogens is 3. The van der Waals surface area contributed by atoms with E-state index in [1.165, 1.54) is 6.33 Å². The molecule has 0 atom stereocenters. The summed E-state index contributed by atoms with van der Waals surface area (Å²) in [5.41, 5.74) is 7.11. The van der Waals surface area contributed by atoms with Gasteiger partial charge in [0.2, 0.25) is 11.8 Å². The SMILES string of the molecule is CCCOc1ncnc(Oc2ccc(C)nc2)c1N. The summed E-state index contributed by atoms with van der Waals surface area (Å²) in [7, 11) is 0. The molecule has 0 spiro atoms. The topological polar surface area (TPSA) is 83.2 Å². The number of nitrogens with zero attached hydrogens (tertiary/aromatic N) is 3. The van der Waals surface area contributed by atoms with Crippen molar-refractivity contribution in [2.45, 2.75) is 20.3 Å². The van der Waals surface area contributed by atoms with E-state index in [1.807, 2.05) is 19.9 Å². The molecule has 2 heterocycles. The maximum atomic E-state index is 5.91. The quantitative estimate of drug-likeness (QED) is 0.888. The maximum Gasteiger partial charge on any atom is 0.249 e. The zero-order chi connectivity index (χ0) is 13.7. The van der Waals surface area contributed by atoms with Gasteiger partial charge in [-0.05, 0) is 25.5 Å². The third kappa shape index (κ3) is 3.31. The lowest BCUT2D eigenvalue weighted by atomic mass is 10.4. The third-order valence-corrected chi connectivity index (χ3v) is 2.35. The van der Waals surface area contributed by atoms with Crippen LogP contribution in [0.25, 0.3) is 0 Å². The summed E-state index contributed by atoms with van der Waals surface area (Å²) < 4.78 is 11.0. The molecule has 2 aromatic heterocycles. The molecule has 0 saturated carbocycles. The van der Waals surface area contributed by atoms with Gasteiger partial charge < -0.3 is 15.2 Å². The summed E-state index contributed by atoms with van der Waals surface area (Å²) in [5.74, 6) is 1.18. The molecule has 2 aromatic rings. The molecule has 0 amide bonds. The first-order chi connectivity index (χ1) is 9.20. The lowest BCUT2D eigenvalue weighted by Crippen LogP contribution is -2.04. The Labute approximate surface area is 111 Å². The highest BCUT2D eigenvalue weighted by Crippen LogP contribution is 2.30. The van der Waals surface area contributed by atoms with E-state index in [2.05, 4.69) is 15.0 Å². The number of rotatable bonds is 5. The number of hydrogen-bond acceptors (Lipinski definition) is 6. The van der Waals surface area contributed by atoms with Gasteiger partial charge in [-0.1, -0.05) is 6.92 Å². The highest BCUT2D eigenvalue weighted by Gasteiger charge is 2.11. The van der Waals surface area contributed by atoms with Crippen LogP contribution in [0.15, 0.2) is 24.7 Å². The number of nitrogen functional groups attached to an aromatic ring is 1. The van der Waals surface area contributed by atoms with Gasteiger partial charge in [-0.15, -0.1) is 0 Å². The predicted molar refractivity (Wildman–Crippen MR) is 71.3 cm³/mol. The van der Waals surface area contributed by atoms with Crippen molar-refractivity contribution in [3.8, 4) is 17.5 Å². The van der Waals surface area contributed by atoms with Crippen molar-refractivity contribution >= 4 is 5.69 Å². The van der Waals surface area contributed by atoms with Gasteiger partial charge >= 0.3 is 0 Å². The number of nitrogens with two attached hydrogens (primary N) is 1. The van der Waals surface area contributed by atoms with Gasteiger partial charge in [0, 0.05) is 5.69 Å². The fourth-order valence-corrected chi connectivity index (χ4v) is 1.39. The normalized spacial score (nSPS) is 10.2. The second-order valence-corrected chi connectivity index (χ2v) is 3.98. The summed E-state index contributed by atoms with van der Waals surface area (Å²) in [5, 5.41) is 0. The molecule has 0 aromatic carbocycles. The summed E-state index contributed by atoms with van der Waals surface area (Å²) in [6, 6.07) is 3.65. The fraction of sp³-hybridized carbons (Fsp3) is 0.308. The molecule has 100 valence electrons. The highest BCUT2D eigenvalue weighted by atomic mass is 16.5. The van der Waals surface area contributed by atoms with Crippen molar-refractivity contribution in [2.75, 3.05) is 12.3 Å². The molecule has 0 aliphatic heterocycles. The van der Waals surface area contributed by atoms with Crippen molar-refractivity contribution in [3.05, 3.63) is 30.4 Å². The van der Waals surface area contributed by atoms with Crippen LogP contribution in [-0.4, -0.2) is 21.6 Å². The predicted octanol–water partition coefficient (Wildman–Crippen LogP) is 2.34. The average Bonchev–Trinajstić information content (AvgIpc) is 2.42. The third-order valence-electron chi connectivity index (χ3n) is 2.35. The van der Waals surface area contributed by atoms with Crippen molar-refractivity contribution in [1.82, 2.24) is 15.0 Å². The summed E-state index contributed by atoms with van der Waals surface area (Å²) in [6.45, 7) is 4.46. The maximum absolute atomic E-state index is 5.91. The van der Waals surface area contributed by atoms with E-state index in [1.54, 1.807) is 12.3 Å². The highest BCUT2D eigenvalue weighted by molar-refractivity contribution is 5.56. The van der Waals surface area contributed by atoms with Crippen LogP contribution in [-0.2, 0) is 0 Å². The van der Waals surface area contributed by atoms with Crippen LogP contribution in [0.4, 0.5) is 5.69 Å². The molecule has 2 rings (SSSR count). The van der Waals surface area contributed by atoms with E-state index >= 15 is 0 Å². The lowest BCUT2D eigenvalue weighted by Gasteiger charge is -2.10.